The predicted molar refractivity (Wildman–Crippen MR) is 137 cm³/mol. The minimum atomic E-state index is -0.625. The smallest absolute Gasteiger partial charge is 0.407 e. The SMILES string of the molecule is CCOC(=O)c1cnn2cc(Br)c(N[C@H](C)c3cc(F)cnc3O[C@@H](C)CNC(=O)OC(C)(C)C)nc12. The first-order valence-corrected chi connectivity index (χ1v) is 12.4. The lowest BCUT2D eigenvalue weighted by Crippen LogP contribution is -2.37. The molecule has 37 heavy (non-hydrogen) atoms. The molecule has 0 aliphatic heterocycles. The maximum Gasteiger partial charge on any atom is 0.407 e. The molecule has 0 unspecified atom stereocenters. The number of amides is 1. The zero-order chi connectivity index (χ0) is 27.3. The summed E-state index contributed by atoms with van der Waals surface area (Å²) in [5.74, 6) is -0.502. The Kier molecular flexibility index (Phi) is 8.89. The second-order valence-corrected chi connectivity index (χ2v) is 10.1. The molecular weight excluding hydrogens is 551 g/mol. The van der Waals surface area contributed by atoms with Gasteiger partial charge in [0.2, 0.25) is 5.88 Å². The van der Waals surface area contributed by atoms with Gasteiger partial charge in [0.05, 0.1) is 36.1 Å². The van der Waals surface area contributed by atoms with Gasteiger partial charge >= 0.3 is 12.1 Å². The molecule has 13 heteroatoms. The number of alkyl carbamates (subject to hydrolysis) is 1. The lowest BCUT2D eigenvalue weighted by atomic mass is 10.1. The number of carbonyl (C=O) groups is 2. The minimum Gasteiger partial charge on any atom is -0.473 e. The summed E-state index contributed by atoms with van der Waals surface area (Å²) < 4.78 is 32.4. The fourth-order valence-electron chi connectivity index (χ4n) is 3.25. The number of halogens is 2. The molecule has 0 bridgehead atoms. The van der Waals surface area contributed by atoms with E-state index in [0.29, 0.717) is 21.5 Å². The minimum absolute atomic E-state index is 0.150. The predicted octanol–water partition coefficient (Wildman–Crippen LogP) is 4.67. The highest BCUT2D eigenvalue weighted by molar-refractivity contribution is 9.10. The Morgan fingerprint density at radius 3 is 2.65 bits per heavy atom. The van der Waals surface area contributed by atoms with Gasteiger partial charge in [-0.25, -0.2) is 28.5 Å². The van der Waals surface area contributed by atoms with E-state index in [0.717, 1.165) is 6.20 Å². The largest absolute Gasteiger partial charge is 0.473 e. The summed E-state index contributed by atoms with van der Waals surface area (Å²) in [7, 11) is 0. The van der Waals surface area contributed by atoms with Gasteiger partial charge in [-0.15, -0.1) is 0 Å². The van der Waals surface area contributed by atoms with E-state index >= 15 is 0 Å². The van der Waals surface area contributed by atoms with Gasteiger partial charge in [0.1, 0.15) is 28.9 Å². The van der Waals surface area contributed by atoms with Crippen molar-refractivity contribution in [1.82, 2.24) is 24.9 Å². The van der Waals surface area contributed by atoms with Crippen molar-refractivity contribution in [3.8, 4) is 5.88 Å². The highest BCUT2D eigenvalue weighted by Gasteiger charge is 2.22. The maximum absolute atomic E-state index is 14.1. The summed E-state index contributed by atoms with van der Waals surface area (Å²) in [6.07, 6.45) is 3.02. The molecule has 0 aliphatic rings. The molecule has 2 atom stereocenters. The number of nitrogens with zero attached hydrogens (tertiary/aromatic N) is 4. The van der Waals surface area contributed by atoms with Gasteiger partial charge in [-0.3, -0.25) is 0 Å². The van der Waals surface area contributed by atoms with E-state index < -0.39 is 35.6 Å². The fraction of sp³-hybridized carbons (Fsp3) is 0.458. The molecule has 0 saturated heterocycles. The Balaban J connectivity index is 1.78. The second kappa shape index (κ2) is 11.7. The molecule has 2 N–H and O–H groups in total. The van der Waals surface area contributed by atoms with Gasteiger partial charge < -0.3 is 24.8 Å². The van der Waals surface area contributed by atoms with Crippen molar-refractivity contribution in [3.05, 3.63) is 46.1 Å². The Labute approximate surface area is 222 Å². The summed E-state index contributed by atoms with van der Waals surface area (Å²) >= 11 is 3.45. The Morgan fingerprint density at radius 1 is 1.24 bits per heavy atom. The summed E-state index contributed by atoms with van der Waals surface area (Å²) in [6.45, 7) is 10.9. The van der Waals surface area contributed by atoms with Crippen molar-refractivity contribution in [1.29, 1.82) is 0 Å². The number of aromatic nitrogens is 4. The van der Waals surface area contributed by atoms with Crippen molar-refractivity contribution < 1.29 is 28.2 Å². The number of ether oxygens (including phenoxy) is 3. The summed E-state index contributed by atoms with van der Waals surface area (Å²) in [5, 5.41) is 9.98. The third-order valence-corrected chi connectivity index (χ3v) is 5.44. The lowest BCUT2D eigenvalue weighted by Gasteiger charge is -2.23. The first-order valence-electron chi connectivity index (χ1n) is 11.6. The first-order chi connectivity index (χ1) is 17.4. The molecule has 0 spiro atoms. The topological polar surface area (TPSA) is 129 Å². The van der Waals surface area contributed by atoms with Crippen molar-refractivity contribution in [3.63, 3.8) is 0 Å². The van der Waals surface area contributed by atoms with Gasteiger partial charge in [0.25, 0.3) is 0 Å². The molecule has 11 nitrogen and oxygen atoms in total. The average Bonchev–Trinajstić information content (AvgIpc) is 3.20. The first kappa shape index (κ1) is 28.1. The number of nitrogens with one attached hydrogen (secondary N) is 2. The van der Waals surface area contributed by atoms with Crippen LogP contribution in [-0.2, 0) is 9.47 Å². The molecule has 0 fully saturated rings. The molecule has 0 saturated carbocycles. The van der Waals surface area contributed by atoms with Crippen LogP contribution >= 0.6 is 15.9 Å². The van der Waals surface area contributed by atoms with E-state index in [9.17, 15) is 14.0 Å². The van der Waals surface area contributed by atoms with Gasteiger partial charge in [-0.1, -0.05) is 0 Å². The number of carbonyl (C=O) groups excluding carboxylic acids is 2. The van der Waals surface area contributed by atoms with Crippen molar-refractivity contribution in [2.45, 2.75) is 59.3 Å². The van der Waals surface area contributed by atoms with Crippen molar-refractivity contribution in [2.75, 3.05) is 18.5 Å². The lowest BCUT2D eigenvalue weighted by molar-refractivity contribution is 0.0500. The number of anilines is 1. The standard InChI is InChI=1S/C24H30BrFN6O5/c1-7-35-22(33)17-11-29-32-12-18(25)19(31-20(17)32)30-14(3)16-8-15(26)10-27-21(16)36-13(2)9-28-23(34)37-24(4,5)6/h8,10-14H,7,9H2,1-6H3,(H,28,34)(H,30,31)/t13-,14+/m0/s1. The van der Waals surface area contributed by atoms with Crippen molar-refractivity contribution in [2.24, 2.45) is 0 Å². The van der Waals surface area contributed by atoms with Crippen LogP contribution in [0.1, 0.15) is 63.5 Å². The van der Waals surface area contributed by atoms with Crippen LogP contribution in [0.3, 0.4) is 0 Å². The van der Waals surface area contributed by atoms with Gasteiger partial charge in [-0.05, 0) is 63.5 Å². The third kappa shape index (κ3) is 7.51. The number of fused-ring (bicyclic) bond motifs is 1. The molecule has 0 radical (unpaired) electrons. The van der Waals surface area contributed by atoms with E-state index in [4.69, 9.17) is 14.2 Å². The molecular formula is C24H30BrFN6O5. The van der Waals surface area contributed by atoms with Crippen LogP contribution in [0.2, 0.25) is 0 Å². The average molecular weight is 581 g/mol. The molecule has 200 valence electrons. The number of esters is 1. The normalized spacial score (nSPS) is 13.1. The van der Waals surface area contributed by atoms with Crippen LogP contribution in [0, 0.1) is 5.82 Å². The van der Waals surface area contributed by atoms with Gasteiger partial charge in [0, 0.05) is 11.8 Å². The van der Waals surface area contributed by atoms with Crippen LogP contribution in [0.5, 0.6) is 5.88 Å². The zero-order valence-corrected chi connectivity index (χ0v) is 23.1. The van der Waals surface area contributed by atoms with Gasteiger partial charge in [-0.2, -0.15) is 5.10 Å². The summed E-state index contributed by atoms with van der Waals surface area (Å²) in [6, 6.07) is 0.799. The molecule has 3 aromatic rings. The zero-order valence-electron chi connectivity index (χ0n) is 21.5. The van der Waals surface area contributed by atoms with E-state index in [1.165, 1.54) is 16.8 Å². The molecule has 3 aromatic heterocycles. The highest BCUT2D eigenvalue weighted by Crippen LogP contribution is 2.30. The van der Waals surface area contributed by atoms with Crippen LogP contribution in [-0.4, -0.2) is 56.5 Å². The maximum atomic E-state index is 14.1. The summed E-state index contributed by atoms with van der Waals surface area (Å²) in [5.41, 5.74) is 0.317. The molecule has 0 aliphatic carbocycles. The van der Waals surface area contributed by atoms with Crippen molar-refractivity contribution >= 4 is 39.5 Å². The van der Waals surface area contributed by atoms with E-state index in [-0.39, 0.29) is 24.6 Å². The highest BCUT2D eigenvalue weighted by atomic mass is 79.9. The monoisotopic (exact) mass is 580 g/mol. The second-order valence-electron chi connectivity index (χ2n) is 9.21. The van der Waals surface area contributed by atoms with Crippen LogP contribution in [0.25, 0.3) is 5.65 Å². The molecule has 1 amide bonds. The Morgan fingerprint density at radius 2 is 1.97 bits per heavy atom. The molecule has 0 aromatic carbocycles. The third-order valence-electron chi connectivity index (χ3n) is 4.85. The van der Waals surface area contributed by atoms with Crippen LogP contribution in [0.15, 0.2) is 29.1 Å². The van der Waals surface area contributed by atoms with E-state index in [1.807, 2.05) is 0 Å². The molecule has 3 heterocycles. The summed E-state index contributed by atoms with van der Waals surface area (Å²) in [4.78, 5) is 32.8. The van der Waals surface area contributed by atoms with E-state index in [1.54, 1.807) is 47.7 Å². The number of hydrogen-bond donors (Lipinski definition) is 2. The number of pyridine rings is 1. The van der Waals surface area contributed by atoms with E-state index in [2.05, 4.69) is 41.6 Å². The number of hydrogen-bond acceptors (Lipinski definition) is 9. The van der Waals surface area contributed by atoms with Crippen LogP contribution in [0.4, 0.5) is 15.0 Å². The number of rotatable bonds is 9. The quantitative estimate of drug-likeness (QED) is 0.347. The Hall–Kier alpha value is -3.48. The fourth-order valence-corrected chi connectivity index (χ4v) is 3.65. The van der Waals surface area contributed by atoms with Crippen LogP contribution < -0.4 is 15.4 Å². The Bertz CT molecular complexity index is 1280. The molecule has 3 rings (SSSR count). The van der Waals surface area contributed by atoms with Gasteiger partial charge in [0.15, 0.2) is 5.65 Å².